The van der Waals surface area contributed by atoms with Crippen LogP contribution in [0.15, 0.2) is 12.1 Å². The number of halogens is 3. The number of aliphatic carboxylic acids is 1. The van der Waals surface area contributed by atoms with Crippen LogP contribution in [0, 0.1) is 11.6 Å². The molecular formula is C9H8ClF2NO2. The van der Waals surface area contributed by atoms with E-state index in [4.69, 9.17) is 22.4 Å². The highest BCUT2D eigenvalue weighted by Crippen LogP contribution is 2.22. The summed E-state index contributed by atoms with van der Waals surface area (Å²) in [6, 6.07) is 0.718. The minimum Gasteiger partial charge on any atom is -0.480 e. The molecule has 0 amide bonds. The lowest BCUT2D eigenvalue weighted by Gasteiger charge is -2.09. The highest BCUT2D eigenvalue weighted by atomic mass is 35.5. The van der Waals surface area contributed by atoms with E-state index < -0.39 is 23.6 Å². The van der Waals surface area contributed by atoms with Gasteiger partial charge in [0.15, 0.2) is 11.6 Å². The summed E-state index contributed by atoms with van der Waals surface area (Å²) in [5, 5.41) is 8.47. The lowest BCUT2D eigenvalue weighted by atomic mass is 10.1. The zero-order valence-electron chi connectivity index (χ0n) is 7.51. The highest BCUT2D eigenvalue weighted by Gasteiger charge is 2.19. The van der Waals surface area contributed by atoms with Gasteiger partial charge in [-0.25, -0.2) is 8.78 Å². The molecule has 3 nitrogen and oxygen atoms in total. The van der Waals surface area contributed by atoms with E-state index in [1.165, 1.54) is 0 Å². The Hall–Kier alpha value is -1.20. The molecule has 1 rings (SSSR count). The van der Waals surface area contributed by atoms with E-state index in [2.05, 4.69) is 0 Å². The second-order valence-electron chi connectivity index (χ2n) is 2.97. The fraction of sp³-hybridized carbons (Fsp3) is 0.222. The van der Waals surface area contributed by atoms with Crippen LogP contribution in [0.5, 0.6) is 0 Å². The van der Waals surface area contributed by atoms with Gasteiger partial charge < -0.3 is 10.8 Å². The van der Waals surface area contributed by atoms with E-state index in [1.807, 2.05) is 0 Å². The van der Waals surface area contributed by atoms with Crippen molar-refractivity contribution in [2.24, 2.45) is 5.73 Å². The molecule has 3 N–H and O–H groups in total. The van der Waals surface area contributed by atoms with Crippen LogP contribution in [0.3, 0.4) is 0 Å². The molecule has 0 aliphatic heterocycles. The predicted octanol–water partition coefficient (Wildman–Crippen LogP) is 1.57. The zero-order chi connectivity index (χ0) is 11.6. The minimum absolute atomic E-state index is 0.0365. The van der Waals surface area contributed by atoms with Crippen LogP contribution in [-0.4, -0.2) is 17.1 Å². The fourth-order valence-electron chi connectivity index (χ4n) is 1.06. The molecule has 1 unspecified atom stereocenters. The molecule has 0 aliphatic rings. The summed E-state index contributed by atoms with van der Waals surface area (Å²) >= 11 is 5.60. The van der Waals surface area contributed by atoms with E-state index in [1.54, 1.807) is 0 Å². The van der Waals surface area contributed by atoms with Crippen LogP contribution in [0.4, 0.5) is 8.78 Å². The molecule has 0 spiro atoms. The average molecular weight is 236 g/mol. The van der Waals surface area contributed by atoms with Crippen LogP contribution in [0.2, 0.25) is 5.02 Å². The second kappa shape index (κ2) is 4.55. The normalized spacial score (nSPS) is 12.5. The smallest absolute Gasteiger partial charge is 0.320 e. The number of carbonyl (C=O) groups is 1. The average Bonchev–Trinajstić information content (AvgIpc) is 2.18. The Bertz CT molecular complexity index is 398. The number of hydrogen-bond donors (Lipinski definition) is 2. The van der Waals surface area contributed by atoms with Gasteiger partial charge in [0.25, 0.3) is 0 Å². The maximum absolute atomic E-state index is 13.2. The van der Waals surface area contributed by atoms with Gasteiger partial charge in [0, 0.05) is 17.0 Å². The number of nitrogens with two attached hydrogens (primary N) is 1. The molecule has 0 heterocycles. The Morgan fingerprint density at radius 2 is 2.13 bits per heavy atom. The van der Waals surface area contributed by atoms with Gasteiger partial charge in [-0.1, -0.05) is 11.6 Å². The largest absolute Gasteiger partial charge is 0.480 e. The first-order valence-electron chi connectivity index (χ1n) is 4.04. The van der Waals surface area contributed by atoms with Gasteiger partial charge in [-0.15, -0.1) is 0 Å². The SMILES string of the molecule is NC(Cc1c(Cl)ccc(F)c1F)C(=O)O. The molecule has 0 radical (unpaired) electrons. The molecule has 1 aromatic carbocycles. The van der Waals surface area contributed by atoms with Crippen LogP contribution >= 0.6 is 11.6 Å². The number of carboxylic acid groups (broad SMARTS) is 1. The molecule has 0 aromatic heterocycles. The Morgan fingerprint density at radius 1 is 1.53 bits per heavy atom. The van der Waals surface area contributed by atoms with E-state index in [9.17, 15) is 13.6 Å². The van der Waals surface area contributed by atoms with Gasteiger partial charge in [-0.05, 0) is 12.1 Å². The van der Waals surface area contributed by atoms with Gasteiger partial charge in [0.05, 0.1) is 0 Å². The zero-order valence-corrected chi connectivity index (χ0v) is 8.26. The topological polar surface area (TPSA) is 63.3 Å². The summed E-state index contributed by atoms with van der Waals surface area (Å²) in [6.45, 7) is 0. The third kappa shape index (κ3) is 2.64. The van der Waals surface area contributed by atoms with Crippen molar-refractivity contribution in [2.75, 3.05) is 0 Å². The summed E-state index contributed by atoms with van der Waals surface area (Å²) in [5.41, 5.74) is 4.97. The molecule has 0 bridgehead atoms. The summed E-state index contributed by atoms with van der Waals surface area (Å²) in [5.74, 6) is -3.53. The number of carboxylic acids is 1. The van der Waals surface area contributed by atoms with Crippen LogP contribution in [0.25, 0.3) is 0 Å². The maximum atomic E-state index is 13.2. The fourth-order valence-corrected chi connectivity index (χ4v) is 1.29. The van der Waals surface area contributed by atoms with Crippen molar-refractivity contribution in [1.29, 1.82) is 0 Å². The van der Waals surface area contributed by atoms with Gasteiger partial charge >= 0.3 is 5.97 Å². The first-order chi connectivity index (χ1) is 6.93. The molecule has 0 saturated heterocycles. The van der Waals surface area contributed by atoms with E-state index in [-0.39, 0.29) is 17.0 Å². The van der Waals surface area contributed by atoms with Crippen LogP contribution < -0.4 is 5.73 Å². The van der Waals surface area contributed by atoms with Crippen molar-refractivity contribution in [3.8, 4) is 0 Å². The van der Waals surface area contributed by atoms with Gasteiger partial charge in [0.1, 0.15) is 6.04 Å². The monoisotopic (exact) mass is 235 g/mol. The first kappa shape index (κ1) is 11.9. The van der Waals surface area contributed by atoms with E-state index >= 15 is 0 Å². The summed E-state index contributed by atoms with van der Waals surface area (Å²) in [4.78, 5) is 10.4. The molecule has 82 valence electrons. The van der Waals surface area contributed by atoms with E-state index in [0.717, 1.165) is 12.1 Å². The van der Waals surface area contributed by atoms with Gasteiger partial charge in [-0.3, -0.25) is 4.79 Å². The maximum Gasteiger partial charge on any atom is 0.320 e. The van der Waals surface area contributed by atoms with Crippen LogP contribution in [-0.2, 0) is 11.2 Å². The number of benzene rings is 1. The molecule has 1 atom stereocenters. The summed E-state index contributed by atoms with van der Waals surface area (Å²) in [6.07, 6.45) is -0.349. The lowest BCUT2D eigenvalue weighted by molar-refractivity contribution is -0.138. The Kier molecular flexibility index (Phi) is 3.60. The molecule has 1 aromatic rings. The third-order valence-electron chi connectivity index (χ3n) is 1.88. The van der Waals surface area contributed by atoms with E-state index in [0.29, 0.717) is 0 Å². The number of hydrogen-bond acceptors (Lipinski definition) is 2. The minimum atomic E-state index is -1.31. The van der Waals surface area contributed by atoms with Crippen molar-refractivity contribution < 1.29 is 18.7 Å². The van der Waals surface area contributed by atoms with Crippen LogP contribution in [0.1, 0.15) is 5.56 Å². The summed E-state index contributed by atoms with van der Waals surface area (Å²) < 4.78 is 26.0. The molecule has 6 heteroatoms. The third-order valence-corrected chi connectivity index (χ3v) is 2.23. The Balaban J connectivity index is 3.03. The van der Waals surface area contributed by atoms with Gasteiger partial charge in [0.2, 0.25) is 0 Å². The standard InChI is InChI=1S/C9H8ClF2NO2/c10-5-1-2-6(11)8(12)4(5)3-7(13)9(14)15/h1-2,7H,3,13H2,(H,14,15). The van der Waals surface area contributed by atoms with Crippen molar-refractivity contribution in [3.05, 3.63) is 34.4 Å². The first-order valence-corrected chi connectivity index (χ1v) is 4.42. The van der Waals surface area contributed by atoms with Crippen molar-refractivity contribution >= 4 is 17.6 Å². The van der Waals surface area contributed by atoms with Crippen molar-refractivity contribution in [3.63, 3.8) is 0 Å². The highest BCUT2D eigenvalue weighted by molar-refractivity contribution is 6.31. The van der Waals surface area contributed by atoms with Crippen molar-refractivity contribution in [2.45, 2.75) is 12.5 Å². The molecule has 0 saturated carbocycles. The Labute approximate surface area is 89.5 Å². The Morgan fingerprint density at radius 3 is 2.67 bits per heavy atom. The quantitative estimate of drug-likeness (QED) is 0.782. The molecule has 0 fully saturated rings. The number of rotatable bonds is 3. The predicted molar refractivity (Wildman–Crippen MR) is 50.7 cm³/mol. The summed E-state index contributed by atoms with van der Waals surface area (Å²) in [7, 11) is 0. The van der Waals surface area contributed by atoms with Crippen molar-refractivity contribution in [1.82, 2.24) is 0 Å². The molecule has 0 aliphatic carbocycles. The lowest BCUT2D eigenvalue weighted by Crippen LogP contribution is -2.32. The second-order valence-corrected chi connectivity index (χ2v) is 3.38. The molecular weight excluding hydrogens is 228 g/mol. The molecule has 15 heavy (non-hydrogen) atoms. The van der Waals surface area contributed by atoms with Gasteiger partial charge in [-0.2, -0.15) is 0 Å².